The van der Waals surface area contributed by atoms with Crippen molar-refractivity contribution in [3.05, 3.63) is 0 Å². The molecular weight excluding hydrogens is 180 g/mol. The molecule has 0 bridgehead atoms. The summed E-state index contributed by atoms with van der Waals surface area (Å²) in [4.78, 5) is 0. The quantitative estimate of drug-likeness (QED) is 0.461. The van der Waals surface area contributed by atoms with Crippen molar-refractivity contribution in [3.63, 3.8) is 0 Å². The Balaban J connectivity index is 0.000001000. The monoisotopic (exact) mass is 183 g/mol. The lowest BCUT2D eigenvalue weighted by molar-refractivity contribution is -0.231. The third kappa shape index (κ3) is 1.16. The molecule has 11 heavy (non-hydrogen) atoms. The second-order valence-corrected chi connectivity index (χ2v) is 1.71. The zero-order chi connectivity index (χ0) is 8.21. The Morgan fingerprint density at radius 2 is 1.27 bits per heavy atom. The summed E-state index contributed by atoms with van der Waals surface area (Å²) in [5.74, 6) is -4.75. The third-order valence-corrected chi connectivity index (χ3v) is 0.966. The van der Waals surface area contributed by atoms with Crippen molar-refractivity contribution in [1.29, 1.82) is 0 Å². The molecule has 0 radical (unpaired) electrons. The van der Waals surface area contributed by atoms with E-state index < -0.39 is 18.1 Å². The van der Waals surface area contributed by atoms with Gasteiger partial charge in [0.2, 0.25) is 0 Å². The highest BCUT2D eigenvalue weighted by Gasteiger charge is 2.90. The standard InChI is InChI=1S/C3F6O.H3N/c4-1(2(5,6)7)3(8,9)10-1;/h;1H3. The smallest absolute Gasteiger partial charge is 0.344 e. The molecule has 1 rings (SSSR count). The molecule has 1 aliphatic heterocycles. The van der Waals surface area contributed by atoms with Crippen LogP contribution in [0.15, 0.2) is 0 Å². The van der Waals surface area contributed by atoms with E-state index in [1.807, 2.05) is 0 Å². The summed E-state index contributed by atoms with van der Waals surface area (Å²) in [5, 5.41) is 0. The van der Waals surface area contributed by atoms with E-state index in [9.17, 15) is 26.3 Å². The van der Waals surface area contributed by atoms with Gasteiger partial charge in [0.05, 0.1) is 0 Å². The van der Waals surface area contributed by atoms with Crippen LogP contribution in [0.4, 0.5) is 26.3 Å². The SMILES string of the molecule is FC(F)(F)C1(F)OC1(F)F.N. The topological polar surface area (TPSA) is 47.5 Å². The summed E-state index contributed by atoms with van der Waals surface area (Å²) in [6.07, 6.45) is -10.4. The van der Waals surface area contributed by atoms with E-state index in [2.05, 4.69) is 4.74 Å². The van der Waals surface area contributed by atoms with Gasteiger partial charge in [-0.05, 0) is 0 Å². The Kier molecular flexibility index (Phi) is 1.91. The number of epoxide rings is 1. The molecule has 0 aromatic heterocycles. The van der Waals surface area contributed by atoms with Crippen LogP contribution >= 0.6 is 0 Å². The lowest BCUT2D eigenvalue weighted by atomic mass is 10.4. The summed E-state index contributed by atoms with van der Waals surface area (Å²) in [6, 6.07) is 0. The fourth-order valence-electron chi connectivity index (χ4n) is 0.374. The van der Waals surface area contributed by atoms with E-state index in [-0.39, 0.29) is 6.15 Å². The second-order valence-electron chi connectivity index (χ2n) is 1.71. The zero-order valence-electron chi connectivity index (χ0n) is 4.88. The number of rotatable bonds is 0. The van der Waals surface area contributed by atoms with Gasteiger partial charge in [0.15, 0.2) is 0 Å². The number of hydrogen-bond donors (Lipinski definition) is 1. The van der Waals surface area contributed by atoms with E-state index in [0.29, 0.717) is 0 Å². The molecule has 0 aliphatic carbocycles. The number of halogens is 6. The lowest BCUT2D eigenvalue weighted by Crippen LogP contribution is -2.32. The van der Waals surface area contributed by atoms with Gasteiger partial charge in [-0.2, -0.15) is 26.3 Å². The van der Waals surface area contributed by atoms with E-state index in [1.54, 1.807) is 0 Å². The molecule has 1 unspecified atom stereocenters. The molecule has 1 saturated heterocycles. The van der Waals surface area contributed by atoms with Crippen molar-refractivity contribution >= 4 is 0 Å². The summed E-state index contributed by atoms with van der Waals surface area (Å²) in [7, 11) is 0. The molecule has 0 spiro atoms. The molecule has 0 amide bonds. The minimum Gasteiger partial charge on any atom is -0.344 e. The molecule has 0 aromatic rings. The normalized spacial score (nSPS) is 34.4. The van der Waals surface area contributed by atoms with Crippen LogP contribution in [0.2, 0.25) is 0 Å². The number of hydrogen-bond acceptors (Lipinski definition) is 2. The number of ether oxygens (including phenoxy) is 1. The van der Waals surface area contributed by atoms with Crippen molar-refractivity contribution in [2.45, 2.75) is 18.1 Å². The molecule has 0 saturated carbocycles. The Morgan fingerprint density at radius 3 is 1.27 bits per heavy atom. The first-order valence-corrected chi connectivity index (χ1v) is 2.04. The van der Waals surface area contributed by atoms with Crippen LogP contribution in [-0.4, -0.2) is 18.1 Å². The molecule has 1 aliphatic rings. The average Bonchev–Trinajstić information content (AvgIpc) is 2.05. The van der Waals surface area contributed by atoms with Gasteiger partial charge in [-0.15, -0.1) is 0 Å². The summed E-state index contributed by atoms with van der Waals surface area (Å²) >= 11 is 0. The van der Waals surface area contributed by atoms with Crippen molar-refractivity contribution < 1.29 is 31.1 Å². The van der Waals surface area contributed by atoms with Gasteiger partial charge in [0.1, 0.15) is 0 Å². The maximum absolute atomic E-state index is 11.7. The fourth-order valence-corrected chi connectivity index (χ4v) is 0.374. The maximum Gasteiger partial charge on any atom is 0.458 e. The van der Waals surface area contributed by atoms with Gasteiger partial charge < -0.3 is 6.15 Å². The third-order valence-electron chi connectivity index (χ3n) is 0.966. The predicted octanol–water partition coefficient (Wildman–Crippen LogP) is 2.00. The van der Waals surface area contributed by atoms with Crippen LogP contribution in [-0.2, 0) is 4.74 Å². The molecule has 2 nitrogen and oxygen atoms in total. The van der Waals surface area contributed by atoms with Gasteiger partial charge in [-0.1, -0.05) is 0 Å². The molecule has 3 N–H and O–H groups in total. The Labute approximate surface area is 56.7 Å². The minimum absolute atomic E-state index is 0. The van der Waals surface area contributed by atoms with Crippen LogP contribution < -0.4 is 6.15 Å². The first-order chi connectivity index (χ1) is 4.21. The van der Waals surface area contributed by atoms with Gasteiger partial charge in [0.25, 0.3) is 0 Å². The fraction of sp³-hybridized carbons (Fsp3) is 1.00. The molecule has 1 atom stereocenters. The van der Waals surface area contributed by atoms with Crippen LogP contribution in [0.3, 0.4) is 0 Å². The summed E-state index contributed by atoms with van der Waals surface area (Å²) < 4.78 is 70.4. The second kappa shape index (κ2) is 2.01. The van der Waals surface area contributed by atoms with Crippen LogP contribution in [0.1, 0.15) is 0 Å². The molecule has 1 fully saturated rings. The van der Waals surface area contributed by atoms with Crippen molar-refractivity contribution in [2.75, 3.05) is 0 Å². The van der Waals surface area contributed by atoms with Gasteiger partial charge in [-0.3, -0.25) is 4.74 Å². The van der Waals surface area contributed by atoms with E-state index >= 15 is 0 Å². The molecule has 8 heteroatoms. The van der Waals surface area contributed by atoms with Crippen LogP contribution in [0, 0.1) is 0 Å². The molecule has 1 heterocycles. The average molecular weight is 183 g/mol. The highest BCUT2D eigenvalue weighted by atomic mass is 19.4. The predicted molar refractivity (Wildman–Crippen MR) is 20.9 cm³/mol. The first kappa shape index (κ1) is 10.5. The van der Waals surface area contributed by atoms with Crippen molar-refractivity contribution in [3.8, 4) is 0 Å². The first-order valence-electron chi connectivity index (χ1n) is 2.04. The zero-order valence-corrected chi connectivity index (χ0v) is 4.88. The van der Waals surface area contributed by atoms with E-state index in [0.717, 1.165) is 0 Å². The van der Waals surface area contributed by atoms with E-state index in [1.165, 1.54) is 0 Å². The van der Waals surface area contributed by atoms with Gasteiger partial charge in [0, 0.05) is 0 Å². The van der Waals surface area contributed by atoms with Gasteiger partial charge >= 0.3 is 18.1 Å². The van der Waals surface area contributed by atoms with Crippen LogP contribution in [0.5, 0.6) is 0 Å². The minimum atomic E-state index is -5.66. The number of alkyl halides is 6. The molecular formula is C3H3F6NO. The largest absolute Gasteiger partial charge is 0.458 e. The molecule has 0 aromatic carbocycles. The lowest BCUT2D eigenvalue weighted by Gasteiger charge is -2.04. The van der Waals surface area contributed by atoms with Crippen molar-refractivity contribution in [1.82, 2.24) is 6.15 Å². The van der Waals surface area contributed by atoms with Gasteiger partial charge in [-0.25, -0.2) is 0 Å². The summed E-state index contributed by atoms with van der Waals surface area (Å²) in [5.41, 5.74) is 0. The summed E-state index contributed by atoms with van der Waals surface area (Å²) in [6.45, 7) is 0. The Morgan fingerprint density at radius 1 is 1.00 bits per heavy atom. The molecule has 68 valence electrons. The van der Waals surface area contributed by atoms with Crippen molar-refractivity contribution in [2.24, 2.45) is 0 Å². The Hall–Kier alpha value is -0.500. The van der Waals surface area contributed by atoms with Crippen LogP contribution in [0.25, 0.3) is 0 Å². The Bertz CT molecular complexity index is 166. The highest BCUT2D eigenvalue weighted by Crippen LogP contribution is 2.60. The maximum atomic E-state index is 11.7. The van der Waals surface area contributed by atoms with E-state index in [4.69, 9.17) is 0 Å². The highest BCUT2D eigenvalue weighted by molar-refractivity contribution is 4.99.